The van der Waals surface area contributed by atoms with Crippen LogP contribution >= 0.6 is 0 Å². The lowest BCUT2D eigenvalue weighted by molar-refractivity contribution is 0.0966. The van der Waals surface area contributed by atoms with Crippen molar-refractivity contribution >= 4 is 11.9 Å². The highest BCUT2D eigenvalue weighted by Crippen LogP contribution is 2.22. The van der Waals surface area contributed by atoms with Crippen LogP contribution in [0.2, 0.25) is 0 Å². The lowest BCUT2D eigenvalue weighted by Gasteiger charge is -2.34. The van der Waals surface area contributed by atoms with Gasteiger partial charge in [-0.15, -0.1) is 0 Å². The molecule has 106 valence electrons. The number of nitrogens with zero attached hydrogens (tertiary/aromatic N) is 4. The highest BCUT2D eigenvalue weighted by Gasteiger charge is 2.26. The largest absolute Gasteiger partial charge is 0.467 e. The molecular formula is C12H21N5O2. The van der Waals surface area contributed by atoms with E-state index < -0.39 is 0 Å². The van der Waals surface area contributed by atoms with E-state index in [0.717, 1.165) is 26.1 Å². The average Bonchev–Trinajstić information content (AvgIpc) is 2.42. The van der Waals surface area contributed by atoms with Crippen LogP contribution in [0.4, 0.5) is 11.9 Å². The normalized spacial score (nSPS) is 23.3. The first-order valence-corrected chi connectivity index (χ1v) is 6.61. The number of aliphatic hydroxyl groups excluding tert-OH is 1. The third-order valence-corrected chi connectivity index (χ3v) is 3.26. The van der Waals surface area contributed by atoms with Crippen LogP contribution in [0.15, 0.2) is 0 Å². The van der Waals surface area contributed by atoms with Crippen molar-refractivity contribution in [1.29, 1.82) is 0 Å². The Morgan fingerprint density at radius 2 is 2.21 bits per heavy atom. The van der Waals surface area contributed by atoms with Gasteiger partial charge < -0.3 is 20.1 Å². The number of piperidine rings is 1. The molecule has 0 aliphatic carbocycles. The Morgan fingerprint density at radius 3 is 2.84 bits per heavy atom. The van der Waals surface area contributed by atoms with Crippen LogP contribution in [-0.4, -0.2) is 52.9 Å². The van der Waals surface area contributed by atoms with E-state index in [4.69, 9.17) is 4.74 Å². The minimum atomic E-state index is -0.242. The van der Waals surface area contributed by atoms with Gasteiger partial charge in [0.05, 0.1) is 13.2 Å². The number of hydrogen-bond acceptors (Lipinski definition) is 7. The van der Waals surface area contributed by atoms with Gasteiger partial charge in [0.1, 0.15) is 0 Å². The molecule has 0 aromatic carbocycles. The molecule has 7 nitrogen and oxygen atoms in total. The van der Waals surface area contributed by atoms with Crippen LogP contribution in [0.5, 0.6) is 6.01 Å². The summed E-state index contributed by atoms with van der Waals surface area (Å²) in [5, 5.41) is 12.8. The van der Waals surface area contributed by atoms with Gasteiger partial charge in [-0.1, -0.05) is 6.92 Å². The van der Waals surface area contributed by atoms with E-state index in [2.05, 4.69) is 25.2 Å². The second-order valence-electron chi connectivity index (χ2n) is 4.76. The number of ether oxygens (including phenoxy) is 1. The Bertz CT molecular complexity index is 429. The molecular weight excluding hydrogens is 246 g/mol. The molecule has 0 amide bonds. The molecule has 1 aromatic heterocycles. The smallest absolute Gasteiger partial charge is 0.322 e. The fourth-order valence-corrected chi connectivity index (χ4v) is 2.13. The van der Waals surface area contributed by atoms with Crippen molar-refractivity contribution in [2.75, 3.05) is 37.0 Å². The van der Waals surface area contributed by atoms with Gasteiger partial charge >= 0.3 is 6.01 Å². The van der Waals surface area contributed by atoms with Gasteiger partial charge in [-0.2, -0.15) is 15.0 Å². The Labute approximate surface area is 113 Å². The summed E-state index contributed by atoms with van der Waals surface area (Å²) in [7, 11) is 1.54. The first-order chi connectivity index (χ1) is 9.13. The standard InChI is InChI=1S/C12H21N5O2/c1-4-13-10-14-11(16-12(15-10)19-3)17-6-5-9(18)8(2)7-17/h8-9,18H,4-7H2,1-3H3,(H,13,14,15,16). The quantitative estimate of drug-likeness (QED) is 0.822. The maximum Gasteiger partial charge on any atom is 0.322 e. The Kier molecular flexibility index (Phi) is 4.36. The molecule has 0 radical (unpaired) electrons. The topological polar surface area (TPSA) is 83.4 Å². The summed E-state index contributed by atoms with van der Waals surface area (Å²) in [5.41, 5.74) is 0. The molecule has 2 atom stereocenters. The van der Waals surface area contributed by atoms with Crippen LogP contribution in [0.3, 0.4) is 0 Å². The number of hydrogen-bond donors (Lipinski definition) is 2. The lowest BCUT2D eigenvalue weighted by Crippen LogP contribution is -2.42. The first kappa shape index (κ1) is 13.8. The van der Waals surface area contributed by atoms with Gasteiger partial charge in [0.2, 0.25) is 11.9 Å². The molecule has 0 spiro atoms. The zero-order valence-corrected chi connectivity index (χ0v) is 11.6. The van der Waals surface area contributed by atoms with E-state index in [1.54, 1.807) is 0 Å². The second-order valence-corrected chi connectivity index (χ2v) is 4.76. The molecule has 1 aromatic rings. The molecule has 0 saturated carbocycles. The Balaban J connectivity index is 2.20. The van der Waals surface area contributed by atoms with Crippen molar-refractivity contribution in [3.8, 4) is 6.01 Å². The fraction of sp³-hybridized carbons (Fsp3) is 0.750. The van der Waals surface area contributed by atoms with E-state index in [1.807, 2.05) is 13.8 Å². The highest BCUT2D eigenvalue weighted by atomic mass is 16.5. The first-order valence-electron chi connectivity index (χ1n) is 6.61. The second kappa shape index (κ2) is 6.01. The molecule has 7 heteroatoms. The summed E-state index contributed by atoms with van der Waals surface area (Å²) in [6, 6.07) is 0.305. The Hall–Kier alpha value is -1.63. The van der Waals surface area contributed by atoms with Crippen LogP contribution in [-0.2, 0) is 0 Å². The van der Waals surface area contributed by atoms with Crippen LogP contribution < -0.4 is 15.0 Å². The summed E-state index contributed by atoms with van der Waals surface area (Å²) < 4.78 is 5.10. The molecule has 2 N–H and O–H groups in total. The van der Waals surface area contributed by atoms with Crippen LogP contribution in [0.1, 0.15) is 20.3 Å². The van der Waals surface area contributed by atoms with Crippen molar-refractivity contribution in [3.63, 3.8) is 0 Å². The summed E-state index contributed by atoms with van der Waals surface area (Å²) in [6.07, 6.45) is 0.485. The Morgan fingerprint density at radius 1 is 1.42 bits per heavy atom. The third kappa shape index (κ3) is 3.23. The predicted octanol–water partition coefficient (Wildman–Crippen LogP) is 0.519. The van der Waals surface area contributed by atoms with E-state index in [9.17, 15) is 5.11 Å². The van der Waals surface area contributed by atoms with Gasteiger partial charge in [-0.25, -0.2) is 0 Å². The SMILES string of the molecule is CCNc1nc(OC)nc(N2CCC(O)C(C)C2)n1. The molecule has 2 unspecified atom stereocenters. The molecule has 1 fully saturated rings. The molecule has 19 heavy (non-hydrogen) atoms. The summed E-state index contributed by atoms with van der Waals surface area (Å²) in [4.78, 5) is 14.9. The molecule has 1 aliphatic heterocycles. The molecule has 1 saturated heterocycles. The number of aliphatic hydroxyl groups is 1. The minimum absolute atomic E-state index is 0.207. The number of aromatic nitrogens is 3. The number of methoxy groups -OCH3 is 1. The highest BCUT2D eigenvalue weighted by molar-refractivity contribution is 5.39. The molecule has 2 heterocycles. The number of nitrogens with one attached hydrogen (secondary N) is 1. The number of rotatable bonds is 4. The molecule has 0 bridgehead atoms. The van der Waals surface area contributed by atoms with Crippen molar-refractivity contribution < 1.29 is 9.84 Å². The van der Waals surface area contributed by atoms with E-state index in [-0.39, 0.29) is 12.0 Å². The average molecular weight is 267 g/mol. The van der Waals surface area contributed by atoms with E-state index in [1.165, 1.54) is 7.11 Å². The van der Waals surface area contributed by atoms with Crippen molar-refractivity contribution in [2.45, 2.75) is 26.4 Å². The maximum absolute atomic E-state index is 9.77. The zero-order chi connectivity index (χ0) is 13.8. The molecule has 1 aliphatic rings. The van der Waals surface area contributed by atoms with Gasteiger partial charge in [-0.3, -0.25) is 0 Å². The van der Waals surface area contributed by atoms with E-state index >= 15 is 0 Å². The summed E-state index contributed by atoms with van der Waals surface area (Å²) >= 11 is 0. The van der Waals surface area contributed by atoms with E-state index in [0.29, 0.717) is 17.9 Å². The van der Waals surface area contributed by atoms with Crippen molar-refractivity contribution in [3.05, 3.63) is 0 Å². The summed E-state index contributed by atoms with van der Waals surface area (Å²) in [5.74, 6) is 1.32. The van der Waals surface area contributed by atoms with Gasteiger partial charge in [0, 0.05) is 19.6 Å². The summed E-state index contributed by atoms with van der Waals surface area (Å²) in [6.45, 7) is 6.22. The fourth-order valence-electron chi connectivity index (χ4n) is 2.13. The van der Waals surface area contributed by atoms with Gasteiger partial charge in [0.25, 0.3) is 0 Å². The van der Waals surface area contributed by atoms with Crippen molar-refractivity contribution in [1.82, 2.24) is 15.0 Å². The lowest BCUT2D eigenvalue weighted by atomic mass is 9.97. The zero-order valence-electron chi connectivity index (χ0n) is 11.6. The van der Waals surface area contributed by atoms with Gasteiger partial charge in [0.15, 0.2) is 0 Å². The number of anilines is 2. The minimum Gasteiger partial charge on any atom is -0.467 e. The van der Waals surface area contributed by atoms with Crippen molar-refractivity contribution in [2.24, 2.45) is 5.92 Å². The monoisotopic (exact) mass is 267 g/mol. The van der Waals surface area contributed by atoms with Crippen LogP contribution in [0, 0.1) is 5.92 Å². The third-order valence-electron chi connectivity index (χ3n) is 3.26. The molecule has 2 rings (SSSR count). The maximum atomic E-state index is 9.77. The van der Waals surface area contributed by atoms with Crippen LogP contribution in [0.25, 0.3) is 0 Å². The predicted molar refractivity (Wildman–Crippen MR) is 72.5 cm³/mol. The van der Waals surface area contributed by atoms with Gasteiger partial charge in [-0.05, 0) is 19.3 Å².